The van der Waals surface area contributed by atoms with Gasteiger partial charge in [0.25, 0.3) is 0 Å². The maximum Gasteiger partial charge on any atom is 0.125 e. The van der Waals surface area contributed by atoms with Crippen LogP contribution in [0.4, 0.5) is 0 Å². The number of methoxy groups -OCH3 is 2. The highest BCUT2D eigenvalue weighted by Crippen LogP contribution is 2.29. The zero-order chi connectivity index (χ0) is 10.6. The lowest BCUT2D eigenvalue weighted by atomic mass is 10.1. The number of halogens is 1. The topological polar surface area (TPSA) is 44.5 Å². The van der Waals surface area contributed by atoms with Gasteiger partial charge in [0.05, 0.1) is 14.2 Å². The lowest BCUT2D eigenvalue weighted by molar-refractivity contribution is 0.388. The Bertz CT molecular complexity index is 290. The molecule has 1 aromatic carbocycles. The van der Waals surface area contributed by atoms with E-state index in [2.05, 4.69) is 0 Å². The molecule has 1 aromatic rings. The Morgan fingerprint density at radius 1 is 1.13 bits per heavy atom. The van der Waals surface area contributed by atoms with E-state index in [1.807, 2.05) is 19.1 Å². The van der Waals surface area contributed by atoms with Gasteiger partial charge in [-0.05, 0) is 37.6 Å². The van der Waals surface area contributed by atoms with Crippen molar-refractivity contribution in [3.63, 3.8) is 0 Å². The average Bonchev–Trinajstić information content (AvgIpc) is 2.20. The Hall–Kier alpha value is -0.930. The molecule has 15 heavy (non-hydrogen) atoms. The summed E-state index contributed by atoms with van der Waals surface area (Å²) in [6, 6.07) is 4.01. The quantitative estimate of drug-likeness (QED) is 0.862. The molecule has 86 valence electrons. The van der Waals surface area contributed by atoms with Crippen LogP contribution >= 0.6 is 12.4 Å². The largest absolute Gasteiger partial charge is 0.496 e. The highest BCUT2D eigenvalue weighted by Gasteiger charge is 2.07. The van der Waals surface area contributed by atoms with Crippen molar-refractivity contribution in [1.82, 2.24) is 0 Å². The molecule has 0 aliphatic heterocycles. The van der Waals surface area contributed by atoms with Crippen LogP contribution in [0.5, 0.6) is 11.5 Å². The van der Waals surface area contributed by atoms with Crippen LogP contribution in [-0.2, 0) is 6.42 Å². The summed E-state index contributed by atoms with van der Waals surface area (Å²) in [6.45, 7) is 2.61. The van der Waals surface area contributed by atoms with E-state index in [0.29, 0.717) is 6.54 Å². The number of hydrogen-bond acceptors (Lipinski definition) is 3. The molecule has 0 amide bonds. The van der Waals surface area contributed by atoms with Gasteiger partial charge in [-0.2, -0.15) is 0 Å². The molecule has 0 aliphatic rings. The van der Waals surface area contributed by atoms with Crippen molar-refractivity contribution in [2.24, 2.45) is 5.73 Å². The molecule has 0 atom stereocenters. The fourth-order valence-corrected chi connectivity index (χ4v) is 1.45. The van der Waals surface area contributed by atoms with E-state index in [1.54, 1.807) is 14.2 Å². The van der Waals surface area contributed by atoms with E-state index in [4.69, 9.17) is 15.2 Å². The van der Waals surface area contributed by atoms with Gasteiger partial charge >= 0.3 is 0 Å². The molecular weight excluding hydrogens is 214 g/mol. The monoisotopic (exact) mass is 231 g/mol. The van der Waals surface area contributed by atoms with Gasteiger partial charge in [0, 0.05) is 5.56 Å². The second-order valence-electron chi connectivity index (χ2n) is 3.16. The van der Waals surface area contributed by atoms with Crippen LogP contribution in [0.1, 0.15) is 11.1 Å². The van der Waals surface area contributed by atoms with E-state index < -0.39 is 0 Å². The minimum atomic E-state index is 0. The van der Waals surface area contributed by atoms with Gasteiger partial charge in [0.1, 0.15) is 11.5 Å². The van der Waals surface area contributed by atoms with E-state index in [0.717, 1.165) is 29.0 Å². The summed E-state index contributed by atoms with van der Waals surface area (Å²) in [4.78, 5) is 0. The molecule has 2 N–H and O–H groups in total. The van der Waals surface area contributed by atoms with Crippen LogP contribution < -0.4 is 15.2 Å². The van der Waals surface area contributed by atoms with Crippen molar-refractivity contribution in [3.05, 3.63) is 23.3 Å². The molecule has 1 rings (SSSR count). The molecular formula is C11H18ClNO2. The fourth-order valence-electron chi connectivity index (χ4n) is 1.45. The molecule has 0 unspecified atom stereocenters. The molecule has 0 spiro atoms. The van der Waals surface area contributed by atoms with Crippen LogP contribution in [0.3, 0.4) is 0 Å². The predicted octanol–water partition coefficient (Wildman–Crippen LogP) is 1.94. The van der Waals surface area contributed by atoms with Crippen LogP contribution in [0.25, 0.3) is 0 Å². The van der Waals surface area contributed by atoms with Gasteiger partial charge in [-0.1, -0.05) is 0 Å². The molecule has 0 aliphatic carbocycles. The summed E-state index contributed by atoms with van der Waals surface area (Å²) >= 11 is 0. The van der Waals surface area contributed by atoms with Crippen molar-refractivity contribution in [1.29, 1.82) is 0 Å². The molecule has 0 aromatic heterocycles. The Morgan fingerprint density at radius 2 is 1.60 bits per heavy atom. The SMILES string of the molecule is COc1cc(CCN)cc(OC)c1C.Cl. The summed E-state index contributed by atoms with van der Waals surface area (Å²) in [7, 11) is 3.32. The zero-order valence-corrected chi connectivity index (χ0v) is 10.2. The van der Waals surface area contributed by atoms with Gasteiger partial charge in [0.15, 0.2) is 0 Å². The van der Waals surface area contributed by atoms with Crippen LogP contribution in [0.15, 0.2) is 12.1 Å². The maximum absolute atomic E-state index is 5.50. The van der Waals surface area contributed by atoms with Crippen molar-refractivity contribution in [2.75, 3.05) is 20.8 Å². The lowest BCUT2D eigenvalue weighted by Crippen LogP contribution is -2.04. The molecule has 0 fully saturated rings. The molecule has 0 saturated carbocycles. The maximum atomic E-state index is 5.50. The number of hydrogen-bond donors (Lipinski definition) is 1. The third kappa shape index (κ3) is 3.29. The second-order valence-corrected chi connectivity index (χ2v) is 3.16. The smallest absolute Gasteiger partial charge is 0.125 e. The van der Waals surface area contributed by atoms with E-state index in [1.165, 1.54) is 0 Å². The van der Waals surface area contributed by atoms with Crippen LogP contribution in [0.2, 0.25) is 0 Å². The predicted molar refractivity (Wildman–Crippen MR) is 64.3 cm³/mol. The number of benzene rings is 1. The van der Waals surface area contributed by atoms with Gasteiger partial charge in [-0.3, -0.25) is 0 Å². The molecule has 4 heteroatoms. The molecule has 0 saturated heterocycles. The Morgan fingerprint density at radius 3 is 1.93 bits per heavy atom. The van der Waals surface area contributed by atoms with E-state index in [9.17, 15) is 0 Å². The summed E-state index contributed by atoms with van der Waals surface area (Å²) in [5, 5.41) is 0. The highest BCUT2D eigenvalue weighted by molar-refractivity contribution is 5.85. The molecule has 3 nitrogen and oxygen atoms in total. The Balaban J connectivity index is 0.00000196. The molecule has 0 radical (unpaired) electrons. The third-order valence-corrected chi connectivity index (χ3v) is 2.25. The van der Waals surface area contributed by atoms with E-state index in [-0.39, 0.29) is 12.4 Å². The number of nitrogens with two attached hydrogens (primary N) is 1. The van der Waals surface area contributed by atoms with Gasteiger partial charge in [-0.15, -0.1) is 12.4 Å². The van der Waals surface area contributed by atoms with E-state index >= 15 is 0 Å². The second kappa shape index (κ2) is 6.53. The average molecular weight is 232 g/mol. The first-order valence-corrected chi connectivity index (χ1v) is 4.64. The first kappa shape index (κ1) is 14.1. The molecule has 0 bridgehead atoms. The van der Waals surface area contributed by atoms with Crippen molar-refractivity contribution < 1.29 is 9.47 Å². The Labute approximate surface area is 97.0 Å². The fraction of sp³-hybridized carbons (Fsp3) is 0.455. The minimum Gasteiger partial charge on any atom is -0.496 e. The highest BCUT2D eigenvalue weighted by atomic mass is 35.5. The number of rotatable bonds is 4. The van der Waals surface area contributed by atoms with Crippen molar-refractivity contribution in [3.8, 4) is 11.5 Å². The summed E-state index contributed by atoms with van der Waals surface area (Å²) in [6.07, 6.45) is 0.840. The van der Waals surface area contributed by atoms with Gasteiger partial charge in [0.2, 0.25) is 0 Å². The summed E-state index contributed by atoms with van der Waals surface area (Å²) in [5.74, 6) is 1.71. The number of ether oxygens (including phenoxy) is 2. The van der Waals surface area contributed by atoms with Gasteiger partial charge in [-0.25, -0.2) is 0 Å². The minimum absolute atomic E-state index is 0. The zero-order valence-electron chi connectivity index (χ0n) is 9.37. The standard InChI is InChI=1S/C11H17NO2.ClH/c1-8-10(13-2)6-9(4-5-12)7-11(8)14-3;/h6-7H,4-5,12H2,1-3H3;1H. The third-order valence-electron chi connectivity index (χ3n) is 2.25. The first-order valence-electron chi connectivity index (χ1n) is 4.64. The first-order chi connectivity index (χ1) is 6.72. The van der Waals surface area contributed by atoms with Gasteiger partial charge < -0.3 is 15.2 Å². The van der Waals surface area contributed by atoms with Crippen molar-refractivity contribution >= 4 is 12.4 Å². The normalized spacial score (nSPS) is 9.33. The summed E-state index contributed by atoms with van der Waals surface area (Å²) < 4.78 is 10.5. The van der Waals surface area contributed by atoms with Crippen molar-refractivity contribution in [2.45, 2.75) is 13.3 Å². The Kier molecular flexibility index (Phi) is 6.13. The lowest BCUT2D eigenvalue weighted by Gasteiger charge is -2.12. The van der Waals surface area contributed by atoms with Crippen LogP contribution in [0, 0.1) is 6.92 Å². The van der Waals surface area contributed by atoms with Crippen LogP contribution in [-0.4, -0.2) is 20.8 Å². The molecule has 0 heterocycles. The summed E-state index contributed by atoms with van der Waals surface area (Å²) in [5.41, 5.74) is 7.67.